The highest BCUT2D eigenvalue weighted by Crippen LogP contribution is 2.47. The second-order valence-electron chi connectivity index (χ2n) is 19.5. The lowest BCUT2D eigenvalue weighted by Gasteiger charge is -2.21. The van der Waals surface area contributed by atoms with Crippen LogP contribution in [-0.2, 0) is 6.18 Å². The van der Waals surface area contributed by atoms with Gasteiger partial charge in [0.25, 0.3) is 0 Å². The largest absolute Gasteiger partial charge is 0.416 e. The van der Waals surface area contributed by atoms with E-state index in [4.69, 9.17) is 26.3 Å². The summed E-state index contributed by atoms with van der Waals surface area (Å²) in [5, 5.41) is 53.7. The topological polar surface area (TPSA) is 146 Å². The first kappa shape index (κ1) is 51.7. The third-order valence-electron chi connectivity index (χ3n) is 15.0. The van der Waals surface area contributed by atoms with Crippen molar-refractivity contribution in [2.75, 3.05) is 0 Å². The van der Waals surface area contributed by atoms with Gasteiger partial charge < -0.3 is 9.13 Å². The summed E-state index contributed by atoms with van der Waals surface area (Å²) in [6, 6.07) is 60.5. The average Bonchev–Trinajstić information content (AvgIpc) is 1.74. The molecule has 12 rings (SSSR count). The zero-order valence-corrected chi connectivity index (χ0v) is 43.4. The number of nitriles is 5. The van der Waals surface area contributed by atoms with Crippen molar-refractivity contribution < 1.29 is 13.2 Å². The van der Waals surface area contributed by atoms with Crippen LogP contribution in [0.4, 0.5) is 35.9 Å². The Balaban J connectivity index is 1.17. The van der Waals surface area contributed by atoms with Crippen LogP contribution in [-0.4, -0.2) is 9.13 Å². The highest BCUT2D eigenvalue weighted by molar-refractivity contribution is 6.15. The fourth-order valence-corrected chi connectivity index (χ4v) is 11.2. The van der Waals surface area contributed by atoms with Gasteiger partial charge in [0.15, 0.2) is 22.7 Å². The first-order valence-corrected chi connectivity index (χ1v) is 25.5. The molecule has 0 aliphatic heterocycles. The summed E-state index contributed by atoms with van der Waals surface area (Å²) in [4.78, 5) is 14.5. The van der Waals surface area contributed by atoms with Crippen LogP contribution in [0.25, 0.3) is 130 Å². The molecule has 0 atom stereocenters. The second kappa shape index (κ2) is 20.3. The van der Waals surface area contributed by atoms with E-state index in [0.29, 0.717) is 105 Å². The summed E-state index contributed by atoms with van der Waals surface area (Å²) < 4.78 is 49.9. The smallest absolute Gasteiger partial charge is 0.309 e. The summed E-state index contributed by atoms with van der Waals surface area (Å²) in [5.74, 6) is 0. The molecule has 0 saturated heterocycles. The fourth-order valence-electron chi connectivity index (χ4n) is 11.2. The van der Waals surface area contributed by atoms with Crippen LogP contribution >= 0.6 is 0 Å². The molecule has 84 heavy (non-hydrogen) atoms. The van der Waals surface area contributed by atoms with E-state index in [2.05, 4.69) is 49.7 Å². The van der Waals surface area contributed by atoms with Crippen LogP contribution in [0.3, 0.4) is 0 Å². The van der Waals surface area contributed by atoms with E-state index in [1.807, 2.05) is 69.8 Å². The van der Waals surface area contributed by atoms with Gasteiger partial charge in [0.2, 0.25) is 0 Å². The molecule has 0 amide bonds. The Hall–Kier alpha value is -13.0. The number of rotatable bonds is 7. The van der Waals surface area contributed by atoms with Gasteiger partial charge in [-0.15, -0.1) is 0 Å². The van der Waals surface area contributed by atoms with Gasteiger partial charge in [0.1, 0.15) is 0 Å². The normalized spacial score (nSPS) is 10.9. The van der Waals surface area contributed by atoms with E-state index in [1.165, 1.54) is 30.3 Å². The molecule has 0 unspecified atom stereocenters. The molecule has 10 aromatic carbocycles. The van der Waals surface area contributed by atoms with E-state index >= 15 is 13.2 Å². The summed E-state index contributed by atoms with van der Waals surface area (Å²) in [6.45, 7) is 31.2. The van der Waals surface area contributed by atoms with Crippen molar-refractivity contribution in [1.29, 1.82) is 26.3 Å². The molecule has 0 N–H and O–H groups in total. The quantitative estimate of drug-likeness (QED) is 0.146. The molecule has 0 saturated carbocycles. The summed E-state index contributed by atoms with van der Waals surface area (Å²) in [7, 11) is 0. The minimum atomic E-state index is -4.85. The Kier molecular flexibility index (Phi) is 12.5. The fraction of sp³-hybridized carbons (Fsp3) is 0.0143. The van der Waals surface area contributed by atoms with Crippen LogP contribution in [0, 0.1) is 82.9 Å². The molecule has 0 spiro atoms. The van der Waals surface area contributed by atoms with Crippen LogP contribution in [0.2, 0.25) is 0 Å². The number of aromatic nitrogens is 2. The zero-order chi connectivity index (χ0) is 58.6. The van der Waals surface area contributed by atoms with E-state index in [0.717, 1.165) is 12.1 Å². The number of fused-ring (bicyclic) bond motifs is 6. The van der Waals surface area contributed by atoms with Crippen molar-refractivity contribution in [1.82, 2.24) is 9.13 Å². The number of nitrogens with zero attached hydrogens (tertiary/aromatic N) is 11. The maximum Gasteiger partial charge on any atom is 0.416 e. The maximum atomic E-state index is 15.4. The molecule has 2 aromatic heterocycles. The zero-order valence-electron chi connectivity index (χ0n) is 43.4. The minimum absolute atomic E-state index is 0.0360. The molecular weight excluding hydrogens is 1050 g/mol. The average molecular weight is 1080 g/mol. The van der Waals surface area contributed by atoms with Crippen molar-refractivity contribution in [3.63, 3.8) is 0 Å². The summed E-state index contributed by atoms with van der Waals surface area (Å²) in [5.41, 5.74) is 8.77. The van der Waals surface area contributed by atoms with Gasteiger partial charge >= 0.3 is 6.18 Å². The summed E-state index contributed by atoms with van der Waals surface area (Å²) in [6.07, 6.45) is -4.85. The SMILES string of the molecule is [C-]#[N+]c1ccc(-c2ccc3c(c2)c2cc(-c4ccc(C#N)cc4[N+]#[C-])ccc2n3-c2ccc(C(F)(F)F)cc2-c2c(C#N)cccc2-n2c3ccc(-c4ccc([N+]#[C-])cc4C#N)cc3c3cc(-c4ccc(C#N)cc4[N+]#[C-])ccc32)c(C#N)c1. The monoisotopic (exact) mass is 1080 g/mol. The van der Waals surface area contributed by atoms with Gasteiger partial charge in [-0.3, -0.25) is 0 Å². The Bertz CT molecular complexity index is 5060. The Labute approximate surface area is 477 Å². The standard InChI is InChI=1S/C70H30F3N11/c1-79-50-15-19-52(47(28-50)38-77)42-10-21-63-56(30-42)58-32-44(54-17-8-40(35-74)26-61(54)81-3)12-23-64(58)83(63)67-25-14-49(70(71,72)73)34-60(67)69-46(37-76)6-5-7-68(69)84-65-22-11-43(53-20-16-51(80-2)29-48(53)39-78)31-57(65)59-33-45(13-24-66(59)84)55-18-9-41(36-75)27-62(55)82-4/h5-34H. The first-order valence-electron chi connectivity index (χ1n) is 25.5. The minimum Gasteiger partial charge on any atom is -0.309 e. The van der Waals surface area contributed by atoms with Crippen LogP contribution < -0.4 is 0 Å². The van der Waals surface area contributed by atoms with Gasteiger partial charge in [0.05, 0.1) is 101 Å². The van der Waals surface area contributed by atoms with Crippen molar-refractivity contribution in [3.8, 4) is 97.4 Å². The molecular formula is C70H30F3N11. The molecule has 2 heterocycles. The van der Waals surface area contributed by atoms with Crippen LogP contribution in [0.1, 0.15) is 33.4 Å². The highest BCUT2D eigenvalue weighted by atomic mass is 19.4. The number of alkyl halides is 3. The number of hydrogen-bond donors (Lipinski definition) is 0. The van der Waals surface area contributed by atoms with Gasteiger partial charge in [-0.05, 0) is 160 Å². The molecule has 14 heteroatoms. The van der Waals surface area contributed by atoms with Gasteiger partial charge in [-0.1, -0.05) is 66.7 Å². The van der Waals surface area contributed by atoms with E-state index in [9.17, 15) is 26.3 Å². The van der Waals surface area contributed by atoms with Gasteiger partial charge in [-0.25, -0.2) is 19.4 Å². The molecule has 386 valence electrons. The van der Waals surface area contributed by atoms with Crippen molar-refractivity contribution in [2.45, 2.75) is 6.18 Å². The molecule has 0 aliphatic carbocycles. The lowest BCUT2D eigenvalue weighted by atomic mass is 9.94. The van der Waals surface area contributed by atoms with Crippen LogP contribution in [0.5, 0.6) is 0 Å². The number of hydrogen-bond acceptors (Lipinski definition) is 5. The third-order valence-corrected chi connectivity index (χ3v) is 15.0. The summed E-state index contributed by atoms with van der Waals surface area (Å²) >= 11 is 0. The maximum absolute atomic E-state index is 15.4. The lowest BCUT2D eigenvalue weighted by Crippen LogP contribution is -2.08. The van der Waals surface area contributed by atoms with Crippen molar-refractivity contribution in [3.05, 3.63) is 261 Å². The Morgan fingerprint density at radius 1 is 0.357 bits per heavy atom. The second-order valence-corrected chi connectivity index (χ2v) is 19.5. The van der Waals surface area contributed by atoms with E-state index in [1.54, 1.807) is 78.9 Å². The molecule has 12 aromatic rings. The Morgan fingerprint density at radius 2 is 0.774 bits per heavy atom. The van der Waals surface area contributed by atoms with E-state index < -0.39 is 11.7 Å². The third kappa shape index (κ3) is 8.48. The highest BCUT2D eigenvalue weighted by Gasteiger charge is 2.33. The molecule has 0 bridgehead atoms. The van der Waals surface area contributed by atoms with Crippen molar-refractivity contribution >= 4 is 66.4 Å². The first-order chi connectivity index (χ1) is 40.8. The molecule has 11 nitrogen and oxygen atoms in total. The molecule has 0 aliphatic rings. The number of benzene rings is 10. The van der Waals surface area contributed by atoms with Crippen LogP contribution in [0.15, 0.2) is 182 Å². The Morgan fingerprint density at radius 3 is 1.17 bits per heavy atom. The van der Waals surface area contributed by atoms with Gasteiger partial charge in [0, 0.05) is 54.9 Å². The number of halogens is 3. The van der Waals surface area contributed by atoms with Crippen molar-refractivity contribution in [2.24, 2.45) is 0 Å². The predicted octanol–water partition coefficient (Wildman–Crippen LogP) is 18.8. The predicted molar refractivity (Wildman–Crippen MR) is 316 cm³/mol. The molecule has 0 fully saturated rings. The molecule has 0 radical (unpaired) electrons. The van der Waals surface area contributed by atoms with E-state index in [-0.39, 0.29) is 56.3 Å². The lowest BCUT2D eigenvalue weighted by molar-refractivity contribution is -0.137. The van der Waals surface area contributed by atoms with Gasteiger partial charge in [-0.2, -0.15) is 39.5 Å².